The van der Waals surface area contributed by atoms with Crippen LogP contribution in [0, 0.1) is 0 Å². The maximum absolute atomic E-state index is 10.8. The van der Waals surface area contributed by atoms with Gasteiger partial charge in [0.2, 0.25) is 0 Å². The summed E-state index contributed by atoms with van der Waals surface area (Å²) in [6, 6.07) is 13.8. The predicted molar refractivity (Wildman–Crippen MR) is 107 cm³/mol. The van der Waals surface area contributed by atoms with Gasteiger partial charge in [0, 0.05) is 28.6 Å². The zero-order valence-corrected chi connectivity index (χ0v) is 16.5. The van der Waals surface area contributed by atoms with Crippen LogP contribution < -0.4 is 9.47 Å². The van der Waals surface area contributed by atoms with E-state index in [4.69, 9.17) is 26.2 Å². The van der Waals surface area contributed by atoms with E-state index in [9.17, 15) is 4.79 Å². The quantitative estimate of drug-likeness (QED) is 0.789. The highest BCUT2D eigenvalue weighted by Gasteiger charge is 2.43. The lowest BCUT2D eigenvalue weighted by molar-refractivity contribution is -0.137. The first kappa shape index (κ1) is 19.1. The number of benzene rings is 2. The number of likely N-dealkylation sites (tertiary alicyclic amines) is 1. The molecule has 0 radical (unpaired) electrons. The maximum atomic E-state index is 10.8. The summed E-state index contributed by atoms with van der Waals surface area (Å²) in [5.74, 6) is 0.971. The minimum atomic E-state index is -0.735. The number of carboxylic acids is 1. The second-order valence-corrected chi connectivity index (χ2v) is 8.06. The first-order valence-electron chi connectivity index (χ1n) is 9.63. The van der Waals surface area contributed by atoms with E-state index in [2.05, 4.69) is 11.0 Å². The molecule has 0 aromatic heterocycles. The van der Waals surface area contributed by atoms with Crippen LogP contribution >= 0.6 is 11.6 Å². The predicted octanol–water partition coefficient (Wildman–Crippen LogP) is 4.12. The molecule has 2 heterocycles. The SMILES string of the molecule is O=C(O)CCN1CCC2(CC1)COc1cc(OCc3ccc(Cl)cc3)ccc12. The minimum Gasteiger partial charge on any atom is -0.492 e. The molecule has 2 aliphatic rings. The average Bonchev–Trinajstić information content (AvgIpc) is 3.05. The molecule has 5 nitrogen and oxygen atoms in total. The Balaban J connectivity index is 1.38. The number of halogens is 1. The number of carboxylic acid groups (broad SMARTS) is 1. The van der Waals surface area contributed by atoms with Crippen LogP contribution in [0.1, 0.15) is 30.4 Å². The molecule has 0 aliphatic carbocycles. The van der Waals surface area contributed by atoms with Crippen molar-refractivity contribution in [1.29, 1.82) is 0 Å². The van der Waals surface area contributed by atoms with Crippen LogP contribution in [0.2, 0.25) is 5.02 Å². The fourth-order valence-electron chi connectivity index (χ4n) is 4.06. The average molecular weight is 402 g/mol. The molecule has 1 fully saturated rings. The standard InChI is InChI=1S/C22H24ClNO4/c23-17-3-1-16(2-4-17)14-27-18-5-6-19-20(13-18)28-15-22(19)8-11-24(12-9-22)10-7-21(25)26/h1-6,13H,7-12,14-15H2,(H,25,26). The van der Waals surface area contributed by atoms with E-state index < -0.39 is 5.97 Å². The molecule has 2 aromatic rings. The summed E-state index contributed by atoms with van der Waals surface area (Å²) in [4.78, 5) is 13.0. The van der Waals surface area contributed by atoms with Gasteiger partial charge in [-0.2, -0.15) is 0 Å². The van der Waals surface area contributed by atoms with Crippen LogP contribution in [0.3, 0.4) is 0 Å². The lowest BCUT2D eigenvalue weighted by atomic mass is 9.74. The highest BCUT2D eigenvalue weighted by atomic mass is 35.5. The first-order chi connectivity index (χ1) is 13.5. The van der Waals surface area contributed by atoms with Gasteiger partial charge in [-0.25, -0.2) is 0 Å². The Morgan fingerprint density at radius 3 is 2.64 bits per heavy atom. The molecule has 0 atom stereocenters. The van der Waals surface area contributed by atoms with Gasteiger partial charge in [-0.05, 0) is 49.7 Å². The Morgan fingerprint density at radius 1 is 1.18 bits per heavy atom. The van der Waals surface area contributed by atoms with Crippen molar-refractivity contribution in [2.45, 2.75) is 31.3 Å². The number of nitrogens with zero attached hydrogens (tertiary/aromatic N) is 1. The van der Waals surface area contributed by atoms with E-state index in [1.165, 1.54) is 5.56 Å². The van der Waals surface area contributed by atoms with Crippen molar-refractivity contribution in [1.82, 2.24) is 4.90 Å². The van der Waals surface area contributed by atoms with Crippen LogP contribution in [0.5, 0.6) is 11.5 Å². The molecule has 4 rings (SSSR count). The summed E-state index contributed by atoms with van der Waals surface area (Å²) in [6.07, 6.45) is 2.18. The number of hydrogen-bond acceptors (Lipinski definition) is 4. The Labute approximate surface area is 169 Å². The molecule has 1 spiro atoms. The van der Waals surface area contributed by atoms with E-state index in [1.54, 1.807) is 0 Å². The molecule has 0 saturated carbocycles. The molecule has 0 bridgehead atoms. The maximum Gasteiger partial charge on any atom is 0.304 e. The van der Waals surface area contributed by atoms with Crippen LogP contribution in [-0.2, 0) is 16.8 Å². The molecule has 1 N–H and O–H groups in total. The van der Waals surface area contributed by atoms with E-state index in [0.717, 1.165) is 43.0 Å². The number of piperidine rings is 1. The fourth-order valence-corrected chi connectivity index (χ4v) is 4.19. The highest BCUT2D eigenvalue weighted by Crippen LogP contribution is 2.46. The van der Waals surface area contributed by atoms with Crippen molar-refractivity contribution in [3.63, 3.8) is 0 Å². The molecule has 2 aliphatic heterocycles. The van der Waals surface area contributed by atoms with E-state index in [1.807, 2.05) is 36.4 Å². The second-order valence-electron chi connectivity index (χ2n) is 7.63. The molecular weight excluding hydrogens is 378 g/mol. The van der Waals surface area contributed by atoms with Crippen molar-refractivity contribution in [3.8, 4) is 11.5 Å². The number of rotatable bonds is 6. The lowest BCUT2D eigenvalue weighted by Crippen LogP contribution is -2.44. The molecular formula is C22H24ClNO4. The zero-order chi connectivity index (χ0) is 19.6. The molecule has 148 valence electrons. The molecule has 2 aromatic carbocycles. The Kier molecular flexibility index (Phi) is 5.47. The monoisotopic (exact) mass is 401 g/mol. The van der Waals surface area contributed by atoms with Crippen LogP contribution in [-0.4, -0.2) is 42.2 Å². The van der Waals surface area contributed by atoms with Crippen LogP contribution in [0.25, 0.3) is 0 Å². The van der Waals surface area contributed by atoms with Crippen LogP contribution in [0.4, 0.5) is 0 Å². The van der Waals surface area contributed by atoms with E-state index in [-0.39, 0.29) is 11.8 Å². The molecule has 0 unspecified atom stereocenters. The summed E-state index contributed by atoms with van der Waals surface area (Å²) < 4.78 is 11.9. The largest absolute Gasteiger partial charge is 0.492 e. The van der Waals surface area contributed by atoms with Gasteiger partial charge in [-0.3, -0.25) is 4.79 Å². The third kappa shape index (κ3) is 4.10. The van der Waals surface area contributed by atoms with Gasteiger partial charge in [0.15, 0.2) is 0 Å². The van der Waals surface area contributed by atoms with Gasteiger partial charge >= 0.3 is 5.97 Å². The van der Waals surface area contributed by atoms with Gasteiger partial charge in [0.25, 0.3) is 0 Å². The van der Waals surface area contributed by atoms with Gasteiger partial charge < -0.3 is 19.5 Å². The third-order valence-corrected chi connectivity index (χ3v) is 6.05. The van der Waals surface area contributed by atoms with E-state index in [0.29, 0.717) is 24.8 Å². The molecule has 1 saturated heterocycles. The summed E-state index contributed by atoms with van der Waals surface area (Å²) in [7, 11) is 0. The highest BCUT2D eigenvalue weighted by molar-refractivity contribution is 6.30. The summed E-state index contributed by atoms with van der Waals surface area (Å²) in [5.41, 5.74) is 2.37. The number of fused-ring (bicyclic) bond motifs is 2. The number of carbonyl (C=O) groups is 1. The molecule has 6 heteroatoms. The summed E-state index contributed by atoms with van der Waals surface area (Å²) in [6.45, 7) is 3.61. The number of ether oxygens (including phenoxy) is 2. The summed E-state index contributed by atoms with van der Waals surface area (Å²) >= 11 is 5.92. The normalized spacial score (nSPS) is 17.9. The number of hydrogen-bond donors (Lipinski definition) is 1. The minimum absolute atomic E-state index is 0.0454. The zero-order valence-electron chi connectivity index (χ0n) is 15.7. The van der Waals surface area contributed by atoms with Gasteiger partial charge in [-0.1, -0.05) is 29.8 Å². The Bertz CT molecular complexity index is 844. The molecule has 0 amide bonds. The first-order valence-corrected chi connectivity index (χ1v) is 10.0. The number of aliphatic carboxylic acids is 1. The van der Waals surface area contributed by atoms with Crippen molar-refractivity contribution in [2.24, 2.45) is 0 Å². The van der Waals surface area contributed by atoms with Gasteiger partial charge in [0.05, 0.1) is 13.0 Å². The molecule has 28 heavy (non-hydrogen) atoms. The van der Waals surface area contributed by atoms with Crippen molar-refractivity contribution in [3.05, 3.63) is 58.6 Å². The Hall–Kier alpha value is -2.24. The van der Waals surface area contributed by atoms with Crippen LogP contribution in [0.15, 0.2) is 42.5 Å². The van der Waals surface area contributed by atoms with Crippen molar-refractivity contribution < 1.29 is 19.4 Å². The van der Waals surface area contributed by atoms with Gasteiger partial charge in [0.1, 0.15) is 18.1 Å². The van der Waals surface area contributed by atoms with Gasteiger partial charge in [-0.15, -0.1) is 0 Å². The third-order valence-electron chi connectivity index (χ3n) is 5.80. The Morgan fingerprint density at radius 2 is 1.93 bits per heavy atom. The summed E-state index contributed by atoms with van der Waals surface area (Å²) in [5, 5.41) is 9.59. The van der Waals surface area contributed by atoms with E-state index >= 15 is 0 Å². The lowest BCUT2D eigenvalue weighted by Gasteiger charge is -2.38. The second kappa shape index (κ2) is 8.02. The van der Waals surface area contributed by atoms with Crippen molar-refractivity contribution >= 4 is 17.6 Å². The smallest absolute Gasteiger partial charge is 0.304 e. The fraction of sp³-hybridized carbons (Fsp3) is 0.409. The van der Waals surface area contributed by atoms with Crippen molar-refractivity contribution in [2.75, 3.05) is 26.2 Å². The topological polar surface area (TPSA) is 59.0 Å².